The van der Waals surface area contributed by atoms with Gasteiger partial charge in [-0.1, -0.05) is 18.2 Å². The molecule has 1 N–H and O–H groups in total. The van der Waals surface area contributed by atoms with E-state index in [4.69, 9.17) is 4.74 Å². The van der Waals surface area contributed by atoms with E-state index in [0.29, 0.717) is 11.3 Å². The van der Waals surface area contributed by atoms with E-state index in [1.165, 1.54) is 24.3 Å². The number of anilines is 1. The number of alkyl halides is 3. The molecule has 0 aromatic heterocycles. The van der Waals surface area contributed by atoms with Crippen LogP contribution in [0.1, 0.15) is 27.0 Å². The number of ether oxygens (including phenoxy) is 2. The van der Waals surface area contributed by atoms with Crippen molar-refractivity contribution in [3.63, 3.8) is 0 Å². The molecule has 150 valence electrons. The van der Waals surface area contributed by atoms with Crippen molar-refractivity contribution >= 4 is 17.6 Å². The number of amides is 1. The van der Waals surface area contributed by atoms with Gasteiger partial charge in [0.2, 0.25) is 0 Å². The smallest absolute Gasteiger partial charge is 0.411 e. The third-order valence-electron chi connectivity index (χ3n) is 3.56. The van der Waals surface area contributed by atoms with Gasteiger partial charge in [0, 0.05) is 5.69 Å². The molecule has 0 aliphatic heterocycles. The quantitative estimate of drug-likeness (QED) is 0.715. The zero-order valence-corrected chi connectivity index (χ0v) is 15.4. The highest BCUT2D eigenvalue weighted by Gasteiger charge is 2.27. The lowest BCUT2D eigenvalue weighted by Gasteiger charge is -2.09. The van der Waals surface area contributed by atoms with E-state index < -0.39 is 31.3 Å². The van der Waals surface area contributed by atoms with Gasteiger partial charge in [-0.15, -0.1) is 0 Å². The molecule has 0 fully saturated rings. The van der Waals surface area contributed by atoms with Gasteiger partial charge >= 0.3 is 12.1 Å². The molecule has 0 saturated heterocycles. The van der Waals surface area contributed by atoms with Gasteiger partial charge in [-0.05, 0) is 54.8 Å². The minimum atomic E-state index is -4.39. The molecule has 0 aliphatic rings. The molecule has 2 rings (SSSR count). The first-order valence-corrected chi connectivity index (χ1v) is 8.41. The van der Waals surface area contributed by atoms with Crippen LogP contribution in [0.4, 0.5) is 18.9 Å². The van der Waals surface area contributed by atoms with E-state index in [-0.39, 0.29) is 12.2 Å². The lowest BCUT2D eigenvalue weighted by atomic mass is 10.1. The van der Waals surface area contributed by atoms with Crippen LogP contribution in [-0.2, 0) is 20.9 Å². The molecule has 0 unspecified atom stereocenters. The fourth-order valence-corrected chi connectivity index (χ4v) is 2.48. The van der Waals surface area contributed by atoms with Crippen molar-refractivity contribution < 1.29 is 32.2 Å². The minimum absolute atomic E-state index is 0.179. The minimum Gasteiger partial charge on any atom is -0.452 e. The van der Waals surface area contributed by atoms with E-state index in [9.17, 15) is 22.8 Å². The van der Waals surface area contributed by atoms with Crippen LogP contribution in [0, 0.1) is 13.8 Å². The maximum absolute atomic E-state index is 12.0. The summed E-state index contributed by atoms with van der Waals surface area (Å²) in [6, 6.07) is 11.3. The van der Waals surface area contributed by atoms with Crippen LogP contribution < -0.4 is 5.32 Å². The number of carbonyl (C=O) groups is 2. The van der Waals surface area contributed by atoms with E-state index in [2.05, 4.69) is 10.1 Å². The largest absolute Gasteiger partial charge is 0.452 e. The van der Waals surface area contributed by atoms with E-state index in [1.807, 2.05) is 19.9 Å². The van der Waals surface area contributed by atoms with Crippen molar-refractivity contribution in [3.8, 4) is 0 Å². The molecule has 0 aliphatic carbocycles. The number of rotatable bonds is 7. The summed E-state index contributed by atoms with van der Waals surface area (Å²) in [4.78, 5) is 23.9. The van der Waals surface area contributed by atoms with Gasteiger partial charge in [0.1, 0.15) is 6.61 Å². The second-order valence-electron chi connectivity index (χ2n) is 6.31. The van der Waals surface area contributed by atoms with Gasteiger partial charge in [-0.25, -0.2) is 4.79 Å². The van der Waals surface area contributed by atoms with Crippen molar-refractivity contribution in [1.82, 2.24) is 0 Å². The number of esters is 1. The predicted molar refractivity (Wildman–Crippen MR) is 97.0 cm³/mol. The summed E-state index contributed by atoms with van der Waals surface area (Å²) in [6.07, 6.45) is -4.39. The summed E-state index contributed by atoms with van der Waals surface area (Å²) in [6.45, 7) is 1.78. The first-order valence-electron chi connectivity index (χ1n) is 8.41. The van der Waals surface area contributed by atoms with Crippen LogP contribution in [0.2, 0.25) is 0 Å². The standard InChI is InChI=1S/C20H20F3NO4/c1-13-7-14(2)9-17(8-13)24-18(25)11-28-19(26)16-5-3-15(4-6-16)10-27-12-20(21,22)23/h3-9H,10-12H2,1-2H3,(H,24,25). The summed E-state index contributed by atoms with van der Waals surface area (Å²) in [5.74, 6) is -1.19. The zero-order chi connectivity index (χ0) is 20.7. The normalized spacial score (nSPS) is 11.2. The Morgan fingerprint density at radius 1 is 1.00 bits per heavy atom. The van der Waals surface area contributed by atoms with Crippen molar-refractivity contribution in [2.45, 2.75) is 26.6 Å². The molecule has 0 atom stereocenters. The van der Waals surface area contributed by atoms with Gasteiger partial charge in [0.05, 0.1) is 12.2 Å². The molecule has 0 bridgehead atoms. The summed E-state index contributed by atoms with van der Waals surface area (Å²) < 4.78 is 45.6. The van der Waals surface area contributed by atoms with E-state index in [0.717, 1.165) is 11.1 Å². The lowest BCUT2D eigenvalue weighted by Crippen LogP contribution is -2.21. The molecule has 0 saturated carbocycles. The van der Waals surface area contributed by atoms with Crippen LogP contribution in [0.25, 0.3) is 0 Å². The second kappa shape index (κ2) is 9.36. The molecule has 2 aromatic rings. The Morgan fingerprint density at radius 2 is 1.61 bits per heavy atom. The topological polar surface area (TPSA) is 64.6 Å². The van der Waals surface area contributed by atoms with Gasteiger partial charge in [0.25, 0.3) is 5.91 Å². The van der Waals surface area contributed by atoms with Gasteiger partial charge in [-0.2, -0.15) is 13.2 Å². The first-order chi connectivity index (χ1) is 13.1. The molecule has 5 nitrogen and oxygen atoms in total. The average molecular weight is 395 g/mol. The van der Waals surface area contributed by atoms with Crippen LogP contribution in [-0.4, -0.2) is 31.3 Å². The number of nitrogens with one attached hydrogen (secondary N) is 1. The van der Waals surface area contributed by atoms with E-state index in [1.54, 1.807) is 12.1 Å². The highest BCUT2D eigenvalue weighted by Crippen LogP contribution is 2.16. The highest BCUT2D eigenvalue weighted by atomic mass is 19.4. The third kappa shape index (κ3) is 7.40. The Balaban J connectivity index is 1.81. The Morgan fingerprint density at radius 3 is 2.18 bits per heavy atom. The third-order valence-corrected chi connectivity index (χ3v) is 3.56. The summed E-state index contributed by atoms with van der Waals surface area (Å²) in [5, 5.41) is 2.65. The van der Waals surface area contributed by atoms with Crippen molar-refractivity contribution in [2.24, 2.45) is 0 Å². The van der Waals surface area contributed by atoms with Gasteiger partial charge in [0.15, 0.2) is 6.61 Å². The molecule has 28 heavy (non-hydrogen) atoms. The highest BCUT2D eigenvalue weighted by molar-refractivity contribution is 5.95. The fraction of sp³-hybridized carbons (Fsp3) is 0.300. The molecule has 2 aromatic carbocycles. The molecule has 0 heterocycles. The summed E-state index contributed by atoms with van der Waals surface area (Å²) in [5.41, 5.74) is 3.26. The number of carbonyl (C=O) groups excluding carboxylic acids is 2. The van der Waals surface area contributed by atoms with Gasteiger partial charge < -0.3 is 14.8 Å². The molecule has 8 heteroatoms. The van der Waals surface area contributed by atoms with Crippen molar-refractivity contribution in [1.29, 1.82) is 0 Å². The van der Waals surface area contributed by atoms with Crippen LogP contribution >= 0.6 is 0 Å². The Labute approximate surface area is 160 Å². The molecule has 0 spiro atoms. The SMILES string of the molecule is Cc1cc(C)cc(NC(=O)COC(=O)c2ccc(COCC(F)(F)F)cc2)c1. The Kier molecular flexibility index (Phi) is 7.17. The van der Waals surface area contributed by atoms with Crippen LogP contribution in [0.3, 0.4) is 0 Å². The zero-order valence-electron chi connectivity index (χ0n) is 15.4. The molecule has 0 radical (unpaired) electrons. The number of benzene rings is 2. The lowest BCUT2D eigenvalue weighted by molar-refractivity contribution is -0.176. The van der Waals surface area contributed by atoms with Crippen LogP contribution in [0.15, 0.2) is 42.5 Å². The number of hydrogen-bond donors (Lipinski definition) is 1. The number of halogens is 3. The molecule has 1 amide bonds. The monoisotopic (exact) mass is 395 g/mol. The maximum atomic E-state index is 12.0. The Bertz CT molecular complexity index is 812. The Hall–Kier alpha value is -2.87. The number of aryl methyl sites for hydroxylation is 2. The van der Waals surface area contributed by atoms with Gasteiger partial charge in [-0.3, -0.25) is 4.79 Å². The average Bonchev–Trinajstić information content (AvgIpc) is 2.58. The first kappa shape index (κ1) is 21.4. The summed E-state index contributed by atoms with van der Waals surface area (Å²) in [7, 11) is 0. The summed E-state index contributed by atoms with van der Waals surface area (Å²) >= 11 is 0. The van der Waals surface area contributed by atoms with Crippen LogP contribution in [0.5, 0.6) is 0 Å². The molecular formula is C20H20F3NO4. The fourth-order valence-electron chi connectivity index (χ4n) is 2.48. The number of hydrogen-bond acceptors (Lipinski definition) is 4. The maximum Gasteiger partial charge on any atom is 0.411 e. The van der Waals surface area contributed by atoms with Crippen molar-refractivity contribution in [2.75, 3.05) is 18.5 Å². The molecular weight excluding hydrogens is 375 g/mol. The van der Waals surface area contributed by atoms with Crippen molar-refractivity contribution in [3.05, 3.63) is 64.7 Å². The van der Waals surface area contributed by atoms with E-state index >= 15 is 0 Å². The second-order valence-corrected chi connectivity index (χ2v) is 6.31. The predicted octanol–water partition coefficient (Wildman–Crippen LogP) is 4.18.